The van der Waals surface area contributed by atoms with Crippen LogP contribution in [-0.4, -0.2) is 35.8 Å². The van der Waals surface area contributed by atoms with Crippen molar-refractivity contribution in [2.75, 3.05) is 25.6 Å². The van der Waals surface area contributed by atoms with Gasteiger partial charge in [-0.25, -0.2) is 0 Å². The molecular weight excluding hydrogens is 348 g/mol. The number of anilines is 1. The number of carbonyl (C=O) groups is 1. The molecule has 3 rings (SSSR count). The molecule has 0 bridgehead atoms. The fourth-order valence-corrected chi connectivity index (χ4v) is 5.10. The van der Waals surface area contributed by atoms with Crippen molar-refractivity contribution < 1.29 is 9.53 Å². The quantitative estimate of drug-likeness (QED) is 0.590. The lowest BCUT2D eigenvalue weighted by Crippen LogP contribution is -2.29. The number of carbonyl (C=O) groups excluding carboxylic acids is 1. The molecule has 1 aromatic rings. The van der Waals surface area contributed by atoms with E-state index in [0.29, 0.717) is 10.9 Å². The van der Waals surface area contributed by atoms with Gasteiger partial charge in [0, 0.05) is 24.6 Å². The molecule has 7 heteroatoms. The molecule has 0 spiro atoms. The van der Waals surface area contributed by atoms with Crippen LogP contribution < -0.4 is 9.64 Å². The minimum atomic E-state index is 0.0302. The zero-order valence-corrected chi connectivity index (χ0v) is 15.7. The molecule has 0 aromatic heterocycles. The van der Waals surface area contributed by atoms with E-state index in [2.05, 4.69) is 11.8 Å². The van der Waals surface area contributed by atoms with E-state index in [0.717, 1.165) is 39.1 Å². The van der Waals surface area contributed by atoms with Crippen LogP contribution in [-0.2, 0) is 4.79 Å². The lowest BCUT2D eigenvalue weighted by molar-refractivity contribution is -0.122. The average Bonchev–Trinajstić information content (AvgIpc) is 3.02. The van der Waals surface area contributed by atoms with E-state index in [9.17, 15) is 4.79 Å². The van der Waals surface area contributed by atoms with Crippen LogP contribution in [0, 0.1) is 0 Å². The van der Waals surface area contributed by atoms with Gasteiger partial charge in [0.25, 0.3) is 5.91 Å². The zero-order valence-electron chi connectivity index (χ0n) is 13.3. The summed E-state index contributed by atoms with van der Waals surface area (Å²) < 4.78 is 5.96. The summed E-state index contributed by atoms with van der Waals surface area (Å²) in [5.41, 5.74) is 1.06. The molecule has 1 fully saturated rings. The first-order valence-electron chi connectivity index (χ1n) is 7.44. The predicted octanol–water partition coefficient (Wildman–Crippen LogP) is 4.07. The Morgan fingerprint density at radius 1 is 1.30 bits per heavy atom. The van der Waals surface area contributed by atoms with Crippen molar-refractivity contribution in [2.24, 2.45) is 0 Å². The number of thiocarbonyl (C=S) groups is 1. The van der Waals surface area contributed by atoms with Gasteiger partial charge in [-0.1, -0.05) is 49.1 Å². The molecule has 1 aromatic carbocycles. The highest BCUT2D eigenvalue weighted by Gasteiger charge is 2.37. The van der Waals surface area contributed by atoms with Gasteiger partial charge in [-0.3, -0.25) is 9.69 Å². The maximum atomic E-state index is 12.7. The largest absolute Gasteiger partial charge is 0.497 e. The summed E-state index contributed by atoms with van der Waals surface area (Å²) in [5, 5.41) is 0.949. The second-order valence-corrected chi connectivity index (χ2v) is 7.98. The second-order valence-electron chi connectivity index (χ2n) is 5.31. The predicted molar refractivity (Wildman–Crippen MR) is 101 cm³/mol. The number of benzene rings is 1. The summed E-state index contributed by atoms with van der Waals surface area (Å²) in [5.74, 6) is 0.843. The lowest BCUT2D eigenvalue weighted by atomic mass is 10.3. The molecule has 0 N–H and O–H groups in total. The molecule has 1 amide bonds. The van der Waals surface area contributed by atoms with Crippen LogP contribution in [0.5, 0.6) is 5.75 Å². The number of fused-ring (bicyclic) bond motifs is 1. The third-order valence-electron chi connectivity index (χ3n) is 3.82. The second kappa shape index (κ2) is 6.75. The van der Waals surface area contributed by atoms with Crippen LogP contribution in [0.25, 0.3) is 0 Å². The third-order valence-corrected chi connectivity index (χ3v) is 6.62. The summed E-state index contributed by atoms with van der Waals surface area (Å²) in [6.07, 6.45) is 2.01. The Hall–Kier alpha value is -1.18. The van der Waals surface area contributed by atoms with Crippen molar-refractivity contribution in [1.29, 1.82) is 0 Å². The molecule has 0 aliphatic carbocycles. The maximum Gasteiger partial charge on any atom is 0.268 e. The average molecular weight is 367 g/mol. The number of thioether (sulfide) groups is 2. The fraction of sp³-hybridized carbons (Fsp3) is 0.375. The summed E-state index contributed by atoms with van der Waals surface area (Å²) in [7, 11) is 3.63. The van der Waals surface area contributed by atoms with Crippen molar-refractivity contribution in [2.45, 2.75) is 24.7 Å². The molecule has 2 heterocycles. The highest BCUT2D eigenvalue weighted by Crippen LogP contribution is 2.50. The molecule has 23 heavy (non-hydrogen) atoms. The van der Waals surface area contributed by atoms with Gasteiger partial charge in [-0.05, 0) is 18.6 Å². The third kappa shape index (κ3) is 2.97. The topological polar surface area (TPSA) is 32.8 Å². The molecule has 122 valence electrons. The molecule has 0 radical (unpaired) electrons. The monoisotopic (exact) mass is 366 g/mol. The fourth-order valence-electron chi connectivity index (χ4n) is 2.49. The van der Waals surface area contributed by atoms with Crippen LogP contribution in [0.15, 0.2) is 33.0 Å². The lowest BCUT2D eigenvalue weighted by Gasteiger charge is -2.16. The molecule has 2 aliphatic heterocycles. The highest BCUT2D eigenvalue weighted by molar-refractivity contribution is 8.27. The van der Waals surface area contributed by atoms with E-state index in [1.807, 2.05) is 25.2 Å². The van der Waals surface area contributed by atoms with Gasteiger partial charge in [-0.15, -0.1) is 0 Å². The van der Waals surface area contributed by atoms with Crippen LogP contribution in [0.4, 0.5) is 5.69 Å². The number of methoxy groups -OCH3 is 1. The maximum absolute atomic E-state index is 12.7. The highest BCUT2D eigenvalue weighted by atomic mass is 32.2. The smallest absolute Gasteiger partial charge is 0.268 e. The Balaban J connectivity index is 1.91. The van der Waals surface area contributed by atoms with E-state index in [-0.39, 0.29) is 5.91 Å². The Labute approximate surface area is 150 Å². The normalized spacial score (nSPS) is 20.5. The molecule has 2 aliphatic rings. The van der Waals surface area contributed by atoms with Gasteiger partial charge < -0.3 is 9.64 Å². The van der Waals surface area contributed by atoms with Crippen molar-refractivity contribution in [3.05, 3.63) is 28.1 Å². The first-order valence-corrected chi connectivity index (χ1v) is 9.48. The Morgan fingerprint density at radius 3 is 2.78 bits per heavy atom. The standard InChI is InChI=1S/C16H18N2O2S3/c1-4-5-8-18-14(19)13(23-16(18)21)15-17(2)11-9-10(20-3)6-7-12(11)22-15/h6-7,9H,4-5,8H2,1-3H3/b15-13+. The van der Waals surface area contributed by atoms with Gasteiger partial charge in [0.2, 0.25) is 0 Å². The first kappa shape index (κ1) is 16.7. The van der Waals surface area contributed by atoms with Crippen molar-refractivity contribution in [3.8, 4) is 5.75 Å². The van der Waals surface area contributed by atoms with Crippen LogP contribution in [0.2, 0.25) is 0 Å². The number of rotatable bonds is 4. The number of hydrogen-bond donors (Lipinski definition) is 0. The van der Waals surface area contributed by atoms with Crippen molar-refractivity contribution >= 4 is 51.7 Å². The van der Waals surface area contributed by atoms with E-state index in [4.69, 9.17) is 17.0 Å². The van der Waals surface area contributed by atoms with Gasteiger partial charge in [-0.2, -0.15) is 0 Å². The zero-order chi connectivity index (χ0) is 16.6. The molecule has 0 unspecified atom stereocenters. The summed E-state index contributed by atoms with van der Waals surface area (Å²) in [6, 6.07) is 5.96. The summed E-state index contributed by atoms with van der Waals surface area (Å²) >= 11 is 8.42. The SMILES string of the molecule is CCCCN1C(=O)/C(=C2\Sc3ccc(OC)cc3N2C)SC1=S. The van der Waals surface area contributed by atoms with E-state index < -0.39 is 0 Å². The van der Waals surface area contributed by atoms with Gasteiger partial charge in [0.1, 0.15) is 15.0 Å². The van der Waals surface area contributed by atoms with E-state index >= 15 is 0 Å². The van der Waals surface area contributed by atoms with Crippen LogP contribution >= 0.6 is 35.7 Å². The minimum absolute atomic E-state index is 0.0302. The van der Waals surface area contributed by atoms with Gasteiger partial charge in [0.15, 0.2) is 0 Å². The summed E-state index contributed by atoms with van der Waals surface area (Å²) in [4.78, 5) is 18.4. The van der Waals surface area contributed by atoms with E-state index in [1.165, 1.54) is 11.8 Å². The minimum Gasteiger partial charge on any atom is -0.497 e. The Kier molecular flexibility index (Phi) is 4.89. The van der Waals surface area contributed by atoms with Crippen LogP contribution in [0.3, 0.4) is 0 Å². The number of ether oxygens (including phenoxy) is 1. The number of hydrogen-bond acceptors (Lipinski definition) is 6. The summed E-state index contributed by atoms with van der Waals surface area (Å²) in [6.45, 7) is 2.81. The van der Waals surface area contributed by atoms with Gasteiger partial charge in [0.05, 0.1) is 17.8 Å². The van der Waals surface area contributed by atoms with E-state index in [1.54, 1.807) is 23.8 Å². The number of amides is 1. The van der Waals surface area contributed by atoms with Crippen LogP contribution in [0.1, 0.15) is 19.8 Å². The molecule has 4 nitrogen and oxygen atoms in total. The molecule has 0 atom stereocenters. The first-order chi connectivity index (χ1) is 11.1. The van der Waals surface area contributed by atoms with Gasteiger partial charge >= 0.3 is 0 Å². The molecule has 0 saturated carbocycles. The van der Waals surface area contributed by atoms with Crippen molar-refractivity contribution in [3.63, 3.8) is 0 Å². The Morgan fingerprint density at radius 2 is 2.09 bits per heavy atom. The van der Waals surface area contributed by atoms with Crippen molar-refractivity contribution in [1.82, 2.24) is 4.90 Å². The number of unbranched alkanes of at least 4 members (excludes halogenated alkanes) is 1. The molecular formula is C16H18N2O2S3. The Bertz CT molecular complexity index is 703. The molecule has 1 saturated heterocycles. The number of nitrogens with zero attached hydrogens (tertiary/aromatic N) is 2.